The van der Waals surface area contributed by atoms with Crippen LogP contribution in [-0.4, -0.2) is 37.1 Å². The van der Waals surface area contributed by atoms with Gasteiger partial charge in [-0.05, 0) is 19.1 Å². The molecule has 1 aromatic rings. The molecule has 0 radical (unpaired) electrons. The van der Waals surface area contributed by atoms with Crippen molar-refractivity contribution < 1.29 is 23.5 Å². The van der Waals surface area contributed by atoms with Crippen molar-refractivity contribution in [2.75, 3.05) is 14.2 Å². The highest BCUT2D eigenvalue weighted by Gasteiger charge is 2.30. The lowest BCUT2D eigenvalue weighted by Crippen LogP contribution is -2.34. The van der Waals surface area contributed by atoms with Crippen molar-refractivity contribution in [2.45, 2.75) is 13.2 Å². The zero-order chi connectivity index (χ0) is 13.7. The van der Waals surface area contributed by atoms with Crippen molar-refractivity contribution >= 4 is 11.6 Å². The van der Waals surface area contributed by atoms with Crippen LogP contribution in [0.5, 0.6) is 0 Å². The minimum absolute atomic E-state index is 0.0307. The summed E-state index contributed by atoms with van der Waals surface area (Å²) in [6.07, 6.45) is -0.168. The molecule has 0 aliphatic rings. The molecule has 1 aromatic heterocycles. The lowest BCUT2D eigenvalue weighted by Gasteiger charge is -2.15. The van der Waals surface area contributed by atoms with Crippen molar-refractivity contribution in [3.8, 4) is 0 Å². The van der Waals surface area contributed by atoms with Gasteiger partial charge in [0.25, 0.3) is 0 Å². The monoisotopic (exact) mass is 255 g/mol. The number of Topliss-reactive ketones (excluding diaryl/α,β-unsaturated/α-hetero) is 2. The summed E-state index contributed by atoms with van der Waals surface area (Å²) in [7, 11) is 2.61. The van der Waals surface area contributed by atoms with Gasteiger partial charge in [0.05, 0.1) is 12.1 Å². The van der Waals surface area contributed by atoms with Crippen LogP contribution < -0.4 is 0 Å². The number of hydrogen-bond acceptors (Lipinski definition) is 5. The summed E-state index contributed by atoms with van der Waals surface area (Å²) in [5.74, 6) is -2.51. The van der Waals surface area contributed by atoms with Crippen LogP contribution in [0.4, 0.5) is 4.39 Å². The van der Waals surface area contributed by atoms with Gasteiger partial charge in [0.15, 0.2) is 11.6 Å². The maximum atomic E-state index is 12.7. The Balaban J connectivity index is 2.83. The molecule has 18 heavy (non-hydrogen) atoms. The summed E-state index contributed by atoms with van der Waals surface area (Å²) in [6.45, 7) is 1.43. The predicted molar refractivity (Wildman–Crippen MR) is 60.5 cm³/mol. The molecule has 0 aliphatic heterocycles. The average molecular weight is 255 g/mol. The van der Waals surface area contributed by atoms with Crippen molar-refractivity contribution in [1.29, 1.82) is 0 Å². The standard InChI is InChI=1S/C12H14FNO4/c1-7(11(16)12(17-2)18-3)10(15)9-5-4-8(13)6-14-9/h4-7,12H,1-3H3. The SMILES string of the molecule is COC(OC)C(=O)C(C)C(=O)c1ccc(F)cn1. The van der Waals surface area contributed by atoms with Crippen LogP contribution in [0, 0.1) is 11.7 Å². The molecule has 1 unspecified atom stereocenters. The highest BCUT2D eigenvalue weighted by Crippen LogP contribution is 2.11. The first-order chi connectivity index (χ1) is 8.51. The molecule has 0 N–H and O–H groups in total. The fourth-order valence-electron chi connectivity index (χ4n) is 1.41. The van der Waals surface area contributed by atoms with E-state index in [-0.39, 0.29) is 5.69 Å². The molecule has 1 rings (SSSR count). The van der Waals surface area contributed by atoms with Gasteiger partial charge in [-0.15, -0.1) is 0 Å². The third kappa shape index (κ3) is 3.18. The number of methoxy groups -OCH3 is 2. The minimum Gasteiger partial charge on any atom is -0.349 e. The quantitative estimate of drug-likeness (QED) is 0.434. The number of aromatic nitrogens is 1. The lowest BCUT2D eigenvalue weighted by atomic mass is 9.98. The number of ketones is 2. The lowest BCUT2D eigenvalue weighted by molar-refractivity contribution is -0.158. The van der Waals surface area contributed by atoms with E-state index >= 15 is 0 Å². The Morgan fingerprint density at radius 1 is 1.28 bits per heavy atom. The van der Waals surface area contributed by atoms with Gasteiger partial charge in [0.1, 0.15) is 11.5 Å². The van der Waals surface area contributed by atoms with E-state index in [1.165, 1.54) is 27.2 Å². The molecule has 1 heterocycles. The number of nitrogens with zero attached hydrogens (tertiary/aromatic N) is 1. The molecule has 1 atom stereocenters. The number of ether oxygens (including phenoxy) is 2. The maximum Gasteiger partial charge on any atom is 0.218 e. The molecular weight excluding hydrogens is 241 g/mol. The molecule has 0 saturated heterocycles. The average Bonchev–Trinajstić information content (AvgIpc) is 2.39. The number of halogens is 1. The maximum absolute atomic E-state index is 12.7. The Kier molecular flexibility index (Phi) is 5.06. The summed E-state index contributed by atoms with van der Waals surface area (Å²) in [6, 6.07) is 2.34. The Hall–Kier alpha value is -1.66. The number of carbonyl (C=O) groups is 2. The van der Waals surface area contributed by atoms with E-state index < -0.39 is 29.6 Å². The van der Waals surface area contributed by atoms with Crippen molar-refractivity contribution in [3.05, 3.63) is 29.8 Å². The summed E-state index contributed by atoms with van der Waals surface area (Å²) in [5, 5.41) is 0. The molecule has 0 spiro atoms. The van der Waals surface area contributed by atoms with Crippen molar-refractivity contribution in [3.63, 3.8) is 0 Å². The van der Waals surface area contributed by atoms with Gasteiger partial charge in [-0.25, -0.2) is 4.39 Å². The first-order valence-electron chi connectivity index (χ1n) is 5.26. The topological polar surface area (TPSA) is 65.5 Å². The van der Waals surface area contributed by atoms with Gasteiger partial charge in [-0.1, -0.05) is 0 Å². The second-order valence-corrected chi connectivity index (χ2v) is 3.65. The summed E-state index contributed by atoms with van der Waals surface area (Å²) in [5.41, 5.74) is 0.0307. The highest BCUT2D eigenvalue weighted by atomic mass is 19.1. The molecule has 0 aromatic carbocycles. The molecule has 0 aliphatic carbocycles. The van der Waals surface area contributed by atoms with Gasteiger partial charge >= 0.3 is 0 Å². The second kappa shape index (κ2) is 6.32. The van der Waals surface area contributed by atoms with Crippen LogP contribution in [0.25, 0.3) is 0 Å². The molecule has 98 valence electrons. The van der Waals surface area contributed by atoms with E-state index in [2.05, 4.69) is 4.98 Å². The smallest absolute Gasteiger partial charge is 0.218 e. The van der Waals surface area contributed by atoms with E-state index in [0.29, 0.717) is 0 Å². The van der Waals surface area contributed by atoms with Gasteiger partial charge < -0.3 is 9.47 Å². The Bertz CT molecular complexity index is 428. The van der Waals surface area contributed by atoms with Crippen LogP contribution in [0.3, 0.4) is 0 Å². The molecule has 0 saturated carbocycles. The van der Waals surface area contributed by atoms with E-state index in [4.69, 9.17) is 9.47 Å². The second-order valence-electron chi connectivity index (χ2n) is 3.65. The Morgan fingerprint density at radius 2 is 1.89 bits per heavy atom. The first kappa shape index (κ1) is 14.4. The van der Waals surface area contributed by atoms with Crippen LogP contribution in [0.2, 0.25) is 0 Å². The molecule has 0 bridgehead atoms. The fraction of sp³-hybridized carbons (Fsp3) is 0.417. The largest absolute Gasteiger partial charge is 0.349 e. The van der Waals surface area contributed by atoms with Crippen LogP contribution in [0.1, 0.15) is 17.4 Å². The summed E-state index contributed by atoms with van der Waals surface area (Å²) < 4.78 is 22.2. The number of carbonyl (C=O) groups excluding carboxylic acids is 2. The Morgan fingerprint density at radius 3 is 2.33 bits per heavy atom. The minimum atomic E-state index is -1.09. The Labute approximate surface area is 104 Å². The first-order valence-corrected chi connectivity index (χ1v) is 5.26. The molecule has 5 nitrogen and oxygen atoms in total. The summed E-state index contributed by atoms with van der Waals surface area (Å²) in [4.78, 5) is 27.4. The van der Waals surface area contributed by atoms with E-state index in [1.807, 2.05) is 0 Å². The highest BCUT2D eigenvalue weighted by molar-refractivity contribution is 6.10. The summed E-state index contributed by atoms with van der Waals surface area (Å²) >= 11 is 0. The molecular formula is C12H14FNO4. The van der Waals surface area contributed by atoms with Crippen molar-refractivity contribution in [2.24, 2.45) is 5.92 Å². The predicted octanol–water partition coefficient (Wildman–Crippen LogP) is 1.23. The number of hydrogen-bond donors (Lipinski definition) is 0. The van der Waals surface area contributed by atoms with E-state index in [9.17, 15) is 14.0 Å². The van der Waals surface area contributed by atoms with Crippen LogP contribution in [0.15, 0.2) is 18.3 Å². The zero-order valence-electron chi connectivity index (χ0n) is 10.3. The van der Waals surface area contributed by atoms with Gasteiger partial charge in [0.2, 0.25) is 6.29 Å². The third-order valence-electron chi connectivity index (χ3n) is 2.46. The zero-order valence-corrected chi connectivity index (χ0v) is 10.3. The molecule has 0 fully saturated rings. The van der Waals surface area contributed by atoms with Crippen LogP contribution >= 0.6 is 0 Å². The van der Waals surface area contributed by atoms with Gasteiger partial charge in [-0.3, -0.25) is 14.6 Å². The van der Waals surface area contributed by atoms with E-state index in [1.54, 1.807) is 0 Å². The number of rotatable bonds is 6. The fourth-order valence-corrected chi connectivity index (χ4v) is 1.41. The normalized spacial score (nSPS) is 12.5. The third-order valence-corrected chi connectivity index (χ3v) is 2.46. The molecule has 0 amide bonds. The molecule has 6 heteroatoms. The van der Waals surface area contributed by atoms with Crippen LogP contribution in [-0.2, 0) is 14.3 Å². The van der Waals surface area contributed by atoms with Gasteiger partial charge in [0, 0.05) is 14.2 Å². The van der Waals surface area contributed by atoms with Gasteiger partial charge in [-0.2, -0.15) is 0 Å². The number of pyridine rings is 1. The van der Waals surface area contributed by atoms with E-state index in [0.717, 1.165) is 12.3 Å². The van der Waals surface area contributed by atoms with Crippen molar-refractivity contribution in [1.82, 2.24) is 4.98 Å².